The van der Waals surface area contributed by atoms with Crippen LogP contribution in [-0.4, -0.2) is 43.1 Å². The van der Waals surface area contributed by atoms with Gasteiger partial charge in [0.05, 0.1) is 5.56 Å². The Balaban J connectivity index is 2.67. The Morgan fingerprint density at radius 1 is 0.923 bits per heavy atom. The Hall–Kier alpha value is -2.44. The Morgan fingerprint density at radius 3 is 1.88 bits per heavy atom. The lowest BCUT2D eigenvalue weighted by atomic mass is 10.0. The second kappa shape index (κ2) is 7.43. The molecule has 0 atom stereocenters. The van der Waals surface area contributed by atoms with E-state index in [1.165, 1.54) is 0 Å². The number of hydrogen-bond acceptors (Lipinski definition) is 5. The molecule has 0 N–H and O–H groups in total. The maximum absolute atomic E-state index is 13.2. The van der Waals surface area contributed by atoms with Gasteiger partial charge >= 0.3 is 24.3 Å². The van der Waals surface area contributed by atoms with Crippen LogP contribution in [-0.2, 0) is 14.3 Å². The minimum atomic E-state index is -6.53. The van der Waals surface area contributed by atoms with Gasteiger partial charge in [0.25, 0.3) is 0 Å². The van der Waals surface area contributed by atoms with Crippen LogP contribution in [0, 0.1) is 11.6 Å². The summed E-state index contributed by atoms with van der Waals surface area (Å²) in [4.78, 5) is 22.3. The molecule has 0 unspecified atom stereocenters. The standard InChI is InChI=1S/C13H7F8O5/c14-6-1-2-7(8(15)5-6)9(22)25-3-4-26-10(23)11(24,12(16,17)18)13(19,20)21/h1-2,5H,3-4H2/q-1. The van der Waals surface area contributed by atoms with Crippen LogP contribution in [0.4, 0.5) is 35.1 Å². The zero-order valence-electron chi connectivity index (χ0n) is 12.2. The molecule has 0 aromatic heterocycles. The highest BCUT2D eigenvalue weighted by atomic mass is 19.4. The van der Waals surface area contributed by atoms with Gasteiger partial charge in [0.15, 0.2) is 5.60 Å². The monoisotopic (exact) mass is 395 g/mol. The molecule has 0 heterocycles. The number of benzene rings is 1. The number of carbonyl (C=O) groups excluding carboxylic acids is 2. The lowest BCUT2D eigenvalue weighted by molar-refractivity contribution is -0.574. The van der Waals surface area contributed by atoms with E-state index in [2.05, 4.69) is 9.47 Å². The van der Waals surface area contributed by atoms with Crippen LogP contribution in [0.5, 0.6) is 0 Å². The molecule has 0 aliphatic rings. The van der Waals surface area contributed by atoms with Crippen LogP contribution < -0.4 is 5.11 Å². The predicted octanol–water partition coefficient (Wildman–Crippen LogP) is 1.89. The Morgan fingerprint density at radius 2 is 1.42 bits per heavy atom. The van der Waals surface area contributed by atoms with Crippen LogP contribution in [0.1, 0.15) is 10.4 Å². The average molecular weight is 395 g/mol. The summed E-state index contributed by atoms with van der Waals surface area (Å²) in [5.74, 6) is -7.03. The molecule has 0 aliphatic heterocycles. The maximum Gasteiger partial charge on any atom is 0.399 e. The van der Waals surface area contributed by atoms with E-state index in [0.29, 0.717) is 18.2 Å². The summed E-state index contributed by atoms with van der Waals surface area (Å²) in [7, 11) is 0. The van der Waals surface area contributed by atoms with Gasteiger partial charge in [0.1, 0.15) is 24.8 Å². The summed E-state index contributed by atoms with van der Waals surface area (Å²) >= 11 is 0. The van der Waals surface area contributed by atoms with Gasteiger partial charge in [-0.1, -0.05) is 0 Å². The molecule has 26 heavy (non-hydrogen) atoms. The van der Waals surface area contributed by atoms with E-state index in [1.807, 2.05) is 0 Å². The molecule has 0 amide bonds. The first-order chi connectivity index (χ1) is 11.7. The predicted molar refractivity (Wildman–Crippen MR) is 62.4 cm³/mol. The first-order valence-electron chi connectivity index (χ1n) is 6.35. The molecule has 146 valence electrons. The van der Waals surface area contributed by atoms with Gasteiger partial charge in [-0.25, -0.2) is 13.6 Å². The highest BCUT2D eigenvalue weighted by Crippen LogP contribution is 2.41. The van der Waals surface area contributed by atoms with Gasteiger partial charge in [-0.15, -0.1) is 0 Å². The second-order valence-electron chi connectivity index (χ2n) is 4.57. The van der Waals surface area contributed by atoms with E-state index < -0.39 is 60.3 Å². The number of carbonyl (C=O) groups is 2. The quantitative estimate of drug-likeness (QED) is 0.433. The van der Waals surface area contributed by atoms with E-state index in [0.717, 1.165) is 0 Å². The molecule has 13 heteroatoms. The van der Waals surface area contributed by atoms with Gasteiger partial charge in [0.2, 0.25) is 0 Å². The van der Waals surface area contributed by atoms with Gasteiger partial charge in [-0.3, -0.25) is 4.79 Å². The minimum Gasteiger partial charge on any atom is -0.828 e. The molecule has 0 spiro atoms. The Bertz CT molecular complexity index is 668. The SMILES string of the molecule is O=C(OCCOC(=O)C([O-])(C(F)(F)F)C(F)(F)F)c1ccc(F)cc1F. The molecule has 1 aromatic rings. The number of esters is 2. The summed E-state index contributed by atoms with van der Waals surface area (Å²) in [5, 5.41) is 11.0. The molecule has 0 bridgehead atoms. The highest BCUT2D eigenvalue weighted by Gasteiger charge is 2.68. The third kappa shape index (κ3) is 4.39. The molecule has 0 fully saturated rings. The van der Waals surface area contributed by atoms with Crippen molar-refractivity contribution in [1.82, 2.24) is 0 Å². The Labute approximate surface area is 139 Å². The van der Waals surface area contributed by atoms with Crippen molar-refractivity contribution in [2.75, 3.05) is 13.2 Å². The molecule has 0 aliphatic carbocycles. The summed E-state index contributed by atoms with van der Waals surface area (Å²) < 4.78 is 107. The summed E-state index contributed by atoms with van der Waals surface area (Å²) in [5.41, 5.74) is -6.81. The maximum atomic E-state index is 13.2. The van der Waals surface area contributed by atoms with Crippen LogP contribution in [0.3, 0.4) is 0 Å². The third-order valence-electron chi connectivity index (χ3n) is 2.79. The van der Waals surface area contributed by atoms with Crippen molar-refractivity contribution in [2.45, 2.75) is 18.0 Å². The number of halogens is 8. The Kier molecular flexibility index (Phi) is 6.18. The van der Waals surface area contributed by atoms with Gasteiger partial charge in [-0.2, -0.15) is 26.3 Å². The number of hydrogen-bond donors (Lipinski definition) is 0. The molecule has 0 saturated carbocycles. The van der Waals surface area contributed by atoms with Crippen LogP contribution >= 0.6 is 0 Å². The fraction of sp³-hybridized carbons (Fsp3) is 0.385. The van der Waals surface area contributed by atoms with Crippen molar-refractivity contribution < 1.29 is 59.3 Å². The molecule has 0 saturated heterocycles. The molecule has 0 radical (unpaired) electrons. The number of alkyl halides is 6. The number of rotatable bonds is 5. The number of ether oxygens (including phenoxy) is 2. The van der Waals surface area contributed by atoms with E-state index >= 15 is 0 Å². The van der Waals surface area contributed by atoms with Crippen molar-refractivity contribution in [2.24, 2.45) is 0 Å². The first kappa shape index (κ1) is 21.6. The van der Waals surface area contributed by atoms with Gasteiger partial charge < -0.3 is 14.6 Å². The minimum absolute atomic E-state index is 0.315. The van der Waals surface area contributed by atoms with Crippen molar-refractivity contribution in [3.8, 4) is 0 Å². The molecule has 1 aromatic carbocycles. The van der Waals surface area contributed by atoms with Crippen LogP contribution in [0.2, 0.25) is 0 Å². The second-order valence-corrected chi connectivity index (χ2v) is 4.57. The van der Waals surface area contributed by atoms with Crippen molar-refractivity contribution in [3.05, 3.63) is 35.4 Å². The van der Waals surface area contributed by atoms with Crippen molar-refractivity contribution >= 4 is 11.9 Å². The molecular formula is C13H7F8O5-. The molecule has 1 rings (SSSR count). The zero-order valence-corrected chi connectivity index (χ0v) is 12.2. The summed E-state index contributed by atoms with van der Waals surface area (Å²) in [6.45, 7) is -2.43. The summed E-state index contributed by atoms with van der Waals surface area (Å²) in [6.07, 6.45) is -13.1. The third-order valence-corrected chi connectivity index (χ3v) is 2.79. The van der Waals surface area contributed by atoms with E-state index in [1.54, 1.807) is 0 Å². The fourth-order valence-corrected chi connectivity index (χ4v) is 1.50. The molecule has 5 nitrogen and oxygen atoms in total. The largest absolute Gasteiger partial charge is 0.828 e. The molecular weight excluding hydrogens is 388 g/mol. The van der Waals surface area contributed by atoms with E-state index in [4.69, 9.17) is 0 Å². The first-order valence-corrected chi connectivity index (χ1v) is 6.35. The van der Waals surface area contributed by atoms with Crippen LogP contribution in [0.25, 0.3) is 0 Å². The van der Waals surface area contributed by atoms with Crippen LogP contribution in [0.15, 0.2) is 18.2 Å². The van der Waals surface area contributed by atoms with E-state index in [9.17, 15) is 49.8 Å². The topological polar surface area (TPSA) is 75.7 Å². The van der Waals surface area contributed by atoms with E-state index in [-0.39, 0.29) is 0 Å². The normalized spacial score (nSPS) is 12.7. The lowest BCUT2D eigenvalue weighted by Crippen LogP contribution is -2.71. The zero-order chi connectivity index (χ0) is 20.3. The van der Waals surface area contributed by atoms with Gasteiger partial charge in [0, 0.05) is 6.07 Å². The summed E-state index contributed by atoms with van der Waals surface area (Å²) in [6, 6.07) is 1.65. The van der Waals surface area contributed by atoms with Crippen molar-refractivity contribution in [3.63, 3.8) is 0 Å². The fourth-order valence-electron chi connectivity index (χ4n) is 1.50. The smallest absolute Gasteiger partial charge is 0.399 e. The van der Waals surface area contributed by atoms with Crippen molar-refractivity contribution in [1.29, 1.82) is 0 Å². The van der Waals surface area contributed by atoms with Gasteiger partial charge in [-0.05, 0) is 12.1 Å². The highest BCUT2D eigenvalue weighted by molar-refractivity contribution is 5.89. The lowest BCUT2D eigenvalue weighted by Gasteiger charge is -2.40. The average Bonchev–Trinajstić information content (AvgIpc) is 2.47.